The second kappa shape index (κ2) is 11.0. The van der Waals surface area contributed by atoms with Crippen LogP contribution in [0.4, 0.5) is 25.1 Å². The summed E-state index contributed by atoms with van der Waals surface area (Å²) in [7, 11) is -5.02. The predicted molar refractivity (Wildman–Crippen MR) is 121 cm³/mol. The number of ether oxygens (including phenoxy) is 2. The van der Waals surface area contributed by atoms with Crippen LogP contribution in [0.15, 0.2) is 23.1 Å². The van der Waals surface area contributed by atoms with Crippen molar-refractivity contribution >= 4 is 60.2 Å². The Morgan fingerprint density at radius 2 is 1.89 bits per heavy atom. The number of phosphoric acid groups is 1. The smallest absolute Gasteiger partial charge is 0.435 e. The Morgan fingerprint density at radius 3 is 2.40 bits per heavy atom. The van der Waals surface area contributed by atoms with Crippen molar-refractivity contribution in [1.29, 1.82) is 0 Å². The van der Waals surface area contributed by atoms with E-state index in [4.69, 9.17) is 49.3 Å². The van der Waals surface area contributed by atoms with Gasteiger partial charge in [0.15, 0.2) is 0 Å². The second-order valence-electron chi connectivity index (χ2n) is 7.27. The molecular formula is C18H17Cl3F2N3O8P. The first-order valence-corrected chi connectivity index (χ1v) is 12.3. The molecule has 0 saturated heterocycles. The van der Waals surface area contributed by atoms with Crippen LogP contribution < -0.4 is 15.2 Å². The first-order chi connectivity index (χ1) is 16.3. The van der Waals surface area contributed by atoms with Gasteiger partial charge in [0.05, 0.1) is 15.7 Å². The highest BCUT2D eigenvalue weighted by atomic mass is 35.5. The summed E-state index contributed by atoms with van der Waals surface area (Å²) >= 11 is 18.5. The number of alkyl halides is 2. The third-order valence-corrected chi connectivity index (χ3v) is 6.06. The first kappa shape index (κ1) is 27.6. The Balaban J connectivity index is 2.13. The van der Waals surface area contributed by atoms with E-state index in [0.717, 1.165) is 25.0 Å². The minimum absolute atomic E-state index is 0.189. The molecule has 0 radical (unpaired) electrons. The lowest BCUT2D eigenvalue weighted by Crippen LogP contribution is -2.36. The van der Waals surface area contributed by atoms with Crippen LogP contribution >= 0.6 is 42.6 Å². The number of benzene rings is 1. The molecule has 1 amide bonds. The Kier molecular flexibility index (Phi) is 8.64. The lowest BCUT2D eigenvalue weighted by molar-refractivity contribution is -0.0498. The molecule has 1 fully saturated rings. The summed E-state index contributed by atoms with van der Waals surface area (Å²) in [6.45, 7) is -2.66. The summed E-state index contributed by atoms with van der Waals surface area (Å²) in [5, 5.41) is -1.05. The fraction of sp³-hybridized carbons (Fsp3) is 0.389. The molecule has 0 unspecified atom stereocenters. The SMILES string of the molecule is C[C@@H](C1CC1)n1cc(Cl)nc(N(C(=O)OCOP(=O)(O)O)c2c(Cl)cc(OC(F)F)cc2Cl)c1=O. The van der Waals surface area contributed by atoms with Gasteiger partial charge in [0.25, 0.3) is 5.56 Å². The number of nitrogens with zero attached hydrogens (tertiary/aromatic N) is 3. The van der Waals surface area contributed by atoms with Gasteiger partial charge in [-0.25, -0.2) is 23.8 Å². The van der Waals surface area contributed by atoms with Crippen molar-refractivity contribution in [2.45, 2.75) is 32.4 Å². The third kappa shape index (κ3) is 7.04. The molecule has 1 aliphatic rings. The Labute approximate surface area is 211 Å². The van der Waals surface area contributed by atoms with Crippen LogP contribution in [-0.2, 0) is 13.8 Å². The van der Waals surface area contributed by atoms with Crippen LogP contribution in [0, 0.1) is 5.92 Å². The summed E-state index contributed by atoms with van der Waals surface area (Å²) in [6.07, 6.45) is 1.58. The fourth-order valence-electron chi connectivity index (χ4n) is 3.14. The zero-order chi connectivity index (χ0) is 26.1. The molecule has 2 N–H and O–H groups in total. The molecule has 1 aromatic carbocycles. The third-order valence-electron chi connectivity index (χ3n) is 4.86. The molecule has 192 valence electrons. The van der Waals surface area contributed by atoms with E-state index in [9.17, 15) is 22.9 Å². The number of carbonyl (C=O) groups excluding carboxylic acids is 1. The molecule has 35 heavy (non-hydrogen) atoms. The average molecular weight is 579 g/mol. The summed E-state index contributed by atoms with van der Waals surface area (Å²) in [6, 6.07) is 1.49. The number of hydrogen-bond donors (Lipinski definition) is 2. The van der Waals surface area contributed by atoms with Crippen LogP contribution in [0.2, 0.25) is 15.2 Å². The maximum Gasteiger partial charge on any atom is 0.472 e. The van der Waals surface area contributed by atoms with Crippen molar-refractivity contribution in [3.05, 3.63) is 43.9 Å². The molecule has 2 aromatic rings. The van der Waals surface area contributed by atoms with E-state index in [-0.39, 0.29) is 17.1 Å². The standard InChI is InChI=1S/C18H17Cl3F2N3O8P/c1-8(9-2-3-9)25-6-13(21)24-15(16(25)27)26(18(28)32-7-33-35(29,30)31)14-11(19)4-10(5-12(14)20)34-17(22)23/h4-6,8-9,17H,2-3,7H2,1H3,(H2,29,30,31)/t8-/m0/s1. The minimum Gasteiger partial charge on any atom is -0.435 e. The maximum atomic E-state index is 13.3. The number of halogens is 5. The topological polar surface area (TPSA) is 140 Å². The van der Waals surface area contributed by atoms with Gasteiger partial charge in [0.2, 0.25) is 12.6 Å². The van der Waals surface area contributed by atoms with Gasteiger partial charge in [0, 0.05) is 24.4 Å². The van der Waals surface area contributed by atoms with E-state index in [1.165, 1.54) is 10.8 Å². The van der Waals surface area contributed by atoms with Gasteiger partial charge in [-0.2, -0.15) is 8.78 Å². The highest BCUT2D eigenvalue weighted by Crippen LogP contribution is 2.42. The molecular weight excluding hydrogens is 562 g/mol. The lowest BCUT2D eigenvalue weighted by atomic mass is 10.2. The molecule has 0 bridgehead atoms. The van der Waals surface area contributed by atoms with Gasteiger partial charge in [0.1, 0.15) is 10.9 Å². The van der Waals surface area contributed by atoms with E-state index in [0.29, 0.717) is 4.90 Å². The lowest BCUT2D eigenvalue weighted by Gasteiger charge is -2.25. The number of hydrogen-bond acceptors (Lipinski definition) is 7. The average Bonchev–Trinajstić information content (AvgIpc) is 3.55. The zero-order valence-corrected chi connectivity index (χ0v) is 20.8. The molecule has 1 saturated carbocycles. The Hall–Kier alpha value is -1.99. The molecule has 0 spiro atoms. The van der Waals surface area contributed by atoms with Crippen molar-refractivity contribution in [2.75, 3.05) is 11.7 Å². The number of phosphoric ester groups is 1. The van der Waals surface area contributed by atoms with Gasteiger partial charge in [-0.3, -0.25) is 4.79 Å². The van der Waals surface area contributed by atoms with E-state index >= 15 is 0 Å². The largest absolute Gasteiger partial charge is 0.472 e. The predicted octanol–water partition coefficient (Wildman–Crippen LogP) is 5.12. The maximum absolute atomic E-state index is 13.3. The minimum atomic E-state index is -5.02. The summed E-state index contributed by atoms with van der Waals surface area (Å²) < 4.78 is 50.5. The molecule has 0 aliphatic heterocycles. The van der Waals surface area contributed by atoms with Crippen molar-refractivity contribution in [2.24, 2.45) is 5.92 Å². The summed E-state index contributed by atoms with van der Waals surface area (Å²) in [5.41, 5.74) is -1.23. The Morgan fingerprint density at radius 1 is 1.29 bits per heavy atom. The van der Waals surface area contributed by atoms with Gasteiger partial charge in [-0.05, 0) is 25.7 Å². The second-order valence-corrected chi connectivity index (χ2v) is 9.72. The van der Waals surface area contributed by atoms with Gasteiger partial charge in [-0.1, -0.05) is 34.8 Å². The monoisotopic (exact) mass is 577 g/mol. The fourth-order valence-corrected chi connectivity index (χ4v) is 4.15. The number of anilines is 2. The van der Waals surface area contributed by atoms with Gasteiger partial charge < -0.3 is 23.8 Å². The van der Waals surface area contributed by atoms with E-state index in [2.05, 4.69) is 14.2 Å². The number of amides is 1. The van der Waals surface area contributed by atoms with Crippen LogP contribution in [0.3, 0.4) is 0 Å². The van der Waals surface area contributed by atoms with Crippen molar-refractivity contribution in [3.63, 3.8) is 0 Å². The molecule has 1 aromatic heterocycles. The molecule has 11 nitrogen and oxygen atoms in total. The van der Waals surface area contributed by atoms with Crippen LogP contribution in [0.5, 0.6) is 5.75 Å². The van der Waals surface area contributed by atoms with E-state index in [1.54, 1.807) is 6.92 Å². The molecule has 1 aliphatic carbocycles. The normalized spacial score (nSPS) is 14.7. The van der Waals surface area contributed by atoms with Gasteiger partial charge >= 0.3 is 20.5 Å². The summed E-state index contributed by atoms with van der Waals surface area (Å²) in [5.74, 6) is -0.887. The molecule has 17 heteroatoms. The van der Waals surface area contributed by atoms with E-state index in [1.807, 2.05) is 0 Å². The molecule has 1 heterocycles. The number of rotatable bonds is 9. The Bertz CT molecular complexity index is 1200. The van der Waals surface area contributed by atoms with Crippen LogP contribution in [-0.4, -0.2) is 38.8 Å². The zero-order valence-electron chi connectivity index (χ0n) is 17.6. The quantitative estimate of drug-likeness (QED) is 0.306. The number of carbonyl (C=O) groups is 1. The highest BCUT2D eigenvalue weighted by Gasteiger charge is 2.34. The summed E-state index contributed by atoms with van der Waals surface area (Å²) in [4.78, 5) is 48.3. The molecule has 1 atom stereocenters. The van der Waals surface area contributed by atoms with Crippen LogP contribution in [0.1, 0.15) is 25.8 Å². The van der Waals surface area contributed by atoms with E-state index < -0.39 is 60.2 Å². The van der Waals surface area contributed by atoms with Crippen LogP contribution in [0.25, 0.3) is 0 Å². The highest BCUT2D eigenvalue weighted by molar-refractivity contribution is 7.46. The number of aromatic nitrogens is 2. The first-order valence-electron chi connectivity index (χ1n) is 9.68. The van der Waals surface area contributed by atoms with Crippen molar-refractivity contribution < 1.29 is 41.9 Å². The van der Waals surface area contributed by atoms with Crippen molar-refractivity contribution in [1.82, 2.24) is 9.55 Å². The van der Waals surface area contributed by atoms with Crippen molar-refractivity contribution in [3.8, 4) is 5.75 Å². The van der Waals surface area contributed by atoms with Gasteiger partial charge in [-0.15, -0.1) is 0 Å². The molecule has 3 rings (SSSR count).